The molecular formula is C22H23N3O3S. The number of amides is 1. The van der Waals surface area contributed by atoms with E-state index in [4.69, 9.17) is 0 Å². The van der Waals surface area contributed by atoms with Crippen molar-refractivity contribution in [2.75, 3.05) is 10.6 Å². The van der Waals surface area contributed by atoms with Crippen LogP contribution in [0.1, 0.15) is 27.0 Å². The molecule has 0 fully saturated rings. The lowest BCUT2D eigenvalue weighted by molar-refractivity contribution is 0.0951. The third kappa shape index (κ3) is 5.65. The van der Waals surface area contributed by atoms with E-state index in [0.717, 1.165) is 16.7 Å². The predicted octanol–water partition coefficient (Wildman–Crippen LogP) is 3.29. The molecule has 3 aromatic rings. The largest absolute Gasteiger partial charge is 0.348 e. The highest BCUT2D eigenvalue weighted by molar-refractivity contribution is 7.92. The van der Waals surface area contributed by atoms with Gasteiger partial charge in [-0.1, -0.05) is 30.3 Å². The Bertz CT molecular complexity index is 1080. The summed E-state index contributed by atoms with van der Waals surface area (Å²) in [6, 6.07) is 18.0. The number of carbonyl (C=O) groups is 1. The Morgan fingerprint density at radius 2 is 1.79 bits per heavy atom. The molecule has 0 atom stereocenters. The summed E-state index contributed by atoms with van der Waals surface area (Å²) in [6.07, 6.45) is 4.57. The first kappa shape index (κ1) is 20.5. The summed E-state index contributed by atoms with van der Waals surface area (Å²) >= 11 is 0. The average Bonchev–Trinajstić information content (AvgIpc) is 2.70. The van der Waals surface area contributed by atoms with E-state index >= 15 is 0 Å². The number of aromatic nitrogens is 1. The van der Waals surface area contributed by atoms with E-state index in [1.54, 1.807) is 42.7 Å². The van der Waals surface area contributed by atoms with Gasteiger partial charge >= 0.3 is 0 Å². The summed E-state index contributed by atoms with van der Waals surface area (Å²) in [5, 5.41) is 2.85. The van der Waals surface area contributed by atoms with Crippen LogP contribution in [0.4, 0.5) is 5.69 Å². The molecule has 0 saturated heterocycles. The minimum atomic E-state index is -3.45. The minimum absolute atomic E-state index is 0.194. The van der Waals surface area contributed by atoms with Gasteiger partial charge in [-0.3, -0.25) is 14.1 Å². The predicted molar refractivity (Wildman–Crippen MR) is 114 cm³/mol. The molecule has 0 saturated carbocycles. The maximum Gasteiger partial charge on any atom is 0.251 e. The smallest absolute Gasteiger partial charge is 0.251 e. The van der Waals surface area contributed by atoms with Crippen molar-refractivity contribution in [2.24, 2.45) is 0 Å². The molecule has 2 aromatic carbocycles. The maximum atomic E-state index is 12.3. The number of hydrogen-bond donors (Lipinski definition) is 1. The number of sulfonamides is 1. The summed E-state index contributed by atoms with van der Waals surface area (Å²) in [7, 11) is -3.45. The molecule has 0 aliphatic carbocycles. The van der Waals surface area contributed by atoms with Gasteiger partial charge in [-0.15, -0.1) is 0 Å². The van der Waals surface area contributed by atoms with E-state index in [1.807, 2.05) is 37.3 Å². The molecule has 1 heterocycles. The lowest BCUT2D eigenvalue weighted by Gasteiger charge is -2.23. The molecule has 29 heavy (non-hydrogen) atoms. The van der Waals surface area contributed by atoms with Crippen LogP contribution in [0.3, 0.4) is 0 Å². The monoisotopic (exact) mass is 409 g/mol. The average molecular weight is 410 g/mol. The van der Waals surface area contributed by atoms with Crippen LogP contribution in [-0.4, -0.2) is 25.6 Å². The van der Waals surface area contributed by atoms with Crippen molar-refractivity contribution in [3.63, 3.8) is 0 Å². The Hall–Kier alpha value is -3.19. The molecule has 1 amide bonds. The van der Waals surface area contributed by atoms with Gasteiger partial charge < -0.3 is 5.32 Å². The second kappa shape index (κ2) is 8.87. The van der Waals surface area contributed by atoms with E-state index in [1.165, 1.54) is 10.6 Å². The summed E-state index contributed by atoms with van der Waals surface area (Å²) in [4.78, 5) is 16.4. The van der Waals surface area contributed by atoms with E-state index < -0.39 is 10.0 Å². The van der Waals surface area contributed by atoms with E-state index in [2.05, 4.69) is 10.3 Å². The Balaban J connectivity index is 1.70. The lowest BCUT2D eigenvalue weighted by Crippen LogP contribution is -2.29. The van der Waals surface area contributed by atoms with E-state index in [0.29, 0.717) is 17.8 Å². The lowest BCUT2D eigenvalue weighted by atomic mass is 10.1. The molecular weight excluding hydrogens is 386 g/mol. The first-order valence-electron chi connectivity index (χ1n) is 9.13. The fourth-order valence-corrected chi connectivity index (χ4v) is 3.78. The van der Waals surface area contributed by atoms with Gasteiger partial charge in [0.15, 0.2) is 0 Å². The second-order valence-electron chi connectivity index (χ2n) is 6.85. The molecule has 0 spiro atoms. The summed E-state index contributed by atoms with van der Waals surface area (Å²) in [6.45, 7) is 2.51. The third-order valence-electron chi connectivity index (χ3n) is 4.41. The van der Waals surface area contributed by atoms with Crippen LogP contribution in [0.15, 0.2) is 73.1 Å². The van der Waals surface area contributed by atoms with Gasteiger partial charge in [0.25, 0.3) is 5.91 Å². The number of pyridine rings is 1. The first-order chi connectivity index (χ1) is 13.8. The minimum Gasteiger partial charge on any atom is -0.348 e. The molecule has 6 nitrogen and oxygen atoms in total. The Morgan fingerprint density at radius 1 is 1.03 bits per heavy atom. The van der Waals surface area contributed by atoms with Gasteiger partial charge in [0.1, 0.15) is 0 Å². The van der Waals surface area contributed by atoms with Crippen LogP contribution in [-0.2, 0) is 23.1 Å². The highest BCUT2D eigenvalue weighted by atomic mass is 32.2. The normalized spacial score (nSPS) is 11.1. The summed E-state index contributed by atoms with van der Waals surface area (Å²) in [5.41, 5.74) is 3.82. The molecule has 1 N–H and O–H groups in total. The number of benzene rings is 2. The number of carbonyl (C=O) groups excluding carboxylic acids is 1. The van der Waals surface area contributed by atoms with Crippen molar-refractivity contribution in [2.45, 2.75) is 20.0 Å². The zero-order valence-electron chi connectivity index (χ0n) is 16.4. The third-order valence-corrected chi connectivity index (χ3v) is 5.55. The quantitative estimate of drug-likeness (QED) is 0.649. The van der Waals surface area contributed by atoms with Crippen LogP contribution in [0.25, 0.3) is 0 Å². The van der Waals surface area contributed by atoms with Crippen LogP contribution in [0.5, 0.6) is 0 Å². The van der Waals surface area contributed by atoms with Crippen LogP contribution in [0, 0.1) is 6.92 Å². The van der Waals surface area contributed by atoms with Gasteiger partial charge in [-0.05, 0) is 53.9 Å². The highest BCUT2D eigenvalue weighted by Crippen LogP contribution is 2.22. The zero-order chi connectivity index (χ0) is 20.9. The molecule has 0 bridgehead atoms. The highest BCUT2D eigenvalue weighted by Gasteiger charge is 2.18. The Kier molecular flexibility index (Phi) is 6.29. The number of hydrogen-bond acceptors (Lipinski definition) is 4. The number of nitrogens with one attached hydrogen (secondary N) is 1. The SMILES string of the molecule is Cc1cccc(N(Cc2ccc(C(=O)NCc3cccnc3)cc2)S(C)(=O)=O)c1. The zero-order valence-corrected chi connectivity index (χ0v) is 17.2. The Labute approximate surface area is 171 Å². The van der Waals surface area contributed by atoms with Crippen molar-refractivity contribution in [3.8, 4) is 0 Å². The van der Waals surface area contributed by atoms with Gasteiger partial charge in [0, 0.05) is 24.5 Å². The standard InChI is InChI=1S/C22H23N3O3S/c1-17-5-3-7-21(13-17)25(29(2,27)28)16-18-8-10-20(11-9-18)22(26)24-15-19-6-4-12-23-14-19/h3-14H,15-16H2,1-2H3,(H,24,26). The maximum absolute atomic E-state index is 12.3. The number of nitrogens with zero attached hydrogens (tertiary/aromatic N) is 2. The first-order valence-corrected chi connectivity index (χ1v) is 11.0. The van der Waals surface area contributed by atoms with Crippen LogP contribution < -0.4 is 9.62 Å². The van der Waals surface area contributed by atoms with Gasteiger partial charge in [-0.25, -0.2) is 8.42 Å². The van der Waals surface area contributed by atoms with E-state index in [-0.39, 0.29) is 12.5 Å². The molecule has 3 rings (SSSR count). The molecule has 1 aromatic heterocycles. The van der Waals surface area contributed by atoms with Crippen LogP contribution in [0.2, 0.25) is 0 Å². The molecule has 0 unspecified atom stereocenters. The van der Waals surface area contributed by atoms with Crippen molar-refractivity contribution in [1.29, 1.82) is 0 Å². The van der Waals surface area contributed by atoms with Crippen LogP contribution >= 0.6 is 0 Å². The molecule has 7 heteroatoms. The molecule has 0 aliphatic heterocycles. The van der Waals surface area contributed by atoms with Crippen molar-refractivity contribution in [3.05, 3.63) is 95.3 Å². The number of aryl methyl sites for hydroxylation is 1. The second-order valence-corrected chi connectivity index (χ2v) is 8.76. The van der Waals surface area contributed by atoms with Gasteiger partial charge in [-0.2, -0.15) is 0 Å². The van der Waals surface area contributed by atoms with Crippen molar-refractivity contribution >= 4 is 21.6 Å². The number of rotatable bonds is 7. The van der Waals surface area contributed by atoms with Gasteiger partial charge in [0.05, 0.1) is 18.5 Å². The molecule has 150 valence electrons. The molecule has 0 aliphatic rings. The van der Waals surface area contributed by atoms with E-state index in [9.17, 15) is 13.2 Å². The van der Waals surface area contributed by atoms with Crippen molar-refractivity contribution in [1.82, 2.24) is 10.3 Å². The fourth-order valence-electron chi connectivity index (χ4n) is 2.90. The topological polar surface area (TPSA) is 79.4 Å². The van der Waals surface area contributed by atoms with Crippen molar-refractivity contribution < 1.29 is 13.2 Å². The summed E-state index contributed by atoms with van der Waals surface area (Å²) in [5.74, 6) is -0.195. The number of anilines is 1. The molecule has 0 radical (unpaired) electrons. The Morgan fingerprint density at radius 3 is 2.41 bits per heavy atom. The summed E-state index contributed by atoms with van der Waals surface area (Å²) < 4.78 is 26.0. The fraction of sp³-hybridized carbons (Fsp3) is 0.182. The van der Waals surface area contributed by atoms with Gasteiger partial charge in [0.2, 0.25) is 10.0 Å².